The molecule has 0 saturated carbocycles. The highest BCUT2D eigenvalue weighted by molar-refractivity contribution is 5.92. The van der Waals surface area contributed by atoms with Crippen LogP contribution >= 0.6 is 0 Å². The SMILES string of the molecule is COC(=O)c1cc(NC=C(C#N)c2nn[nH]n2)cc(C)c1C. The van der Waals surface area contributed by atoms with Gasteiger partial charge in [0.1, 0.15) is 11.6 Å². The molecule has 2 aromatic rings. The average Bonchev–Trinajstić information content (AvgIpc) is 3.04. The first-order valence-electron chi connectivity index (χ1n) is 6.37. The van der Waals surface area contributed by atoms with E-state index in [4.69, 9.17) is 10.00 Å². The minimum atomic E-state index is -0.410. The zero-order valence-electron chi connectivity index (χ0n) is 12.3. The quantitative estimate of drug-likeness (QED) is 0.650. The van der Waals surface area contributed by atoms with Crippen LogP contribution in [0.5, 0.6) is 0 Å². The number of esters is 1. The number of aryl methyl sites for hydroxylation is 1. The highest BCUT2D eigenvalue weighted by atomic mass is 16.5. The van der Waals surface area contributed by atoms with Crippen LogP contribution in [0, 0.1) is 25.2 Å². The Labute approximate surface area is 126 Å². The fourth-order valence-electron chi connectivity index (χ4n) is 1.84. The van der Waals surface area contributed by atoms with Crippen LogP contribution in [-0.4, -0.2) is 33.7 Å². The molecule has 0 bridgehead atoms. The summed E-state index contributed by atoms with van der Waals surface area (Å²) in [5.74, 6) is -0.223. The Bertz CT molecular complexity index is 758. The van der Waals surface area contributed by atoms with Crippen molar-refractivity contribution in [3.8, 4) is 6.07 Å². The van der Waals surface area contributed by atoms with Crippen LogP contribution in [0.15, 0.2) is 18.3 Å². The standard InChI is InChI=1S/C14H14N6O2/c1-8-4-11(5-12(9(8)2)14(21)22-3)16-7-10(6-15)13-17-19-20-18-13/h4-5,7,16H,1-3H3,(H,17,18,19,20). The number of aromatic nitrogens is 4. The van der Waals surface area contributed by atoms with Crippen molar-refractivity contribution >= 4 is 17.2 Å². The summed E-state index contributed by atoms with van der Waals surface area (Å²) in [6.45, 7) is 3.74. The zero-order valence-corrected chi connectivity index (χ0v) is 12.3. The monoisotopic (exact) mass is 298 g/mol. The first-order valence-corrected chi connectivity index (χ1v) is 6.37. The summed E-state index contributed by atoms with van der Waals surface area (Å²) in [4.78, 5) is 11.8. The number of tetrazole rings is 1. The van der Waals surface area contributed by atoms with Crippen molar-refractivity contribution in [3.63, 3.8) is 0 Å². The van der Waals surface area contributed by atoms with Gasteiger partial charge < -0.3 is 10.1 Å². The third-order valence-corrected chi connectivity index (χ3v) is 3.16. The number of ether oxygens (including phenoxy) is 1. The van der Waals surface area contributed by atoms with Gasteiger partial charge in [0.2, 0.25) is 5.82 Å². The van der Waals surface area contributed by atoms with Crippen LogP contribution in [-0.2, 0) is 4.74 Å². The number of carbonyl (C=O) groups excluding carboxylic acids is 1. The minimum Gasteiger partial charge on any atom is -0.465 e. The molecule has 0 spiro atoms. The maximum absolute atomic E-state index is 11.8. The predicted octanol–water partition coefficient (Wildman–Crippen LogP) is 1.58. The van der Waals surface area contributed by atoms with Crippen molar-refractivity contribution in [2.45, 2.75) is 13.8 Å². The summed E-state index contributed by atoms with van der Waals surface area (Å²) in [6.07, 6.45) is 1.45. The molecule has 1 aromatic heterocycles. The van der Waals surface area contributed by atoms with Crippen LogP contribution < -0.4 is 5.32 Å². The number of nitrogens with zero attached hydrogens (tertiary/aromatic N) is 4. The van der Waals surface area contributed by atoms with Crippen LogP contribution in [0.2, 0.25) is 0 Å². The summed E-state index contributed by atoms with van der Waals surface area (Å²) in [6, 6.07) is 5.50. The molecule has 2 N–H and O–H groups in total. The van der Waals surface area contributed by atoms with Crippen molar-refractivity contribution in [1.82, 2.24) is 20.6 Å². The van der Waals surface area contributed by atoms with Gasteiger partial charge in [-0.2, -0.15) is 10.5 Å². The topological polar surface area (TPSA) is 117 Å². The van der Waals surface area contributed by atoms with E-state index in [1.807, 2.05) is 26.0 Å². The van der Waals surface area contributed by atoms with E-state index in [0.29, 0.717) is 11.3 Å². The van der Waals surface area contributed by atoms with Crippen LogP contribution in [0.1, 0.15) is 27.3 Å². The number of H-pyrrole nitrogens is 1. The Morgan fingerprint density at radius 1 is 1.45 bits per heavy atom. The number of hydrogen-bond donors (Lipinski definition) is 2. The van der Waals surface area contributed by atoms with Gasteiger partial charge >= 0.3 is 5.97 Å². The summed E-state index contributed by atoms with van der Waals surface area (Å²) in [7, 11) is 1.33. The molecule has 0 saturated heterocycles. The third-order valence-electron chi connectivity index (χ3n) is 3.16. The molecule has 0 aliphatic rings. The Kier molecular flexibility index (Phi) is 4.48. The van der Waals surface area contributed by atoms with E-state index in [0.717, 1.165) is 11.1 Å². The average molecular weight is 298 g/mol. The molecule has 0 fully saturated rings. The van der Waals surface area contributed by atoms with Gasteiger partial charge in [0, 0.05) is 11.9 Å². The molecular weight excluding hydrogens is 284 g/mol. The molecule has 2 rings (SSSR count). The number of carbonyl (C=O) groups is 1. The first-order chi connectivity index (χ1) is 10.6. The van der Waals surface area contributed by atoms with Crippen LogP contribution in [0.3, 0.4) is 0 Å². The lowest BCUT2D eigenvalue weighted by atomic mass is 10.0. The van der Waals surface area contributed by atoms with Crippen LogP contribution in [0.25, 0.3) is 5.57 Å². The molecule has 8 nitrogen and oxygen atoms in total. The number of hydrogen-bond acceptors (Lipinski definition) is 7. The van der Waals surface area contributed by atoms with E-state index in [-0.39, 0.29) is 11.4 Å². The molecule has 1 heterocycles. The summed E-state index contributed by atoms with van der Waals surface area (Å²) in [5.41, 5.74) is 3.11. The highest BCUT2D eigenvalue weighted by Crippen LogP contribution is 2.21. The van der Waals surface area contributed by atoms with E-state index in [1.54, 1.807) is 6.07 Å². The first kappa shape index (κ1) is 15.2. The van der Waals surface area contributed by atoms with Gasteiger partial charge in [0.15, 0.2) is 0 Å². The molecule has 0 aliphatic heterocycles. The minimum absolute atomic E-state index is 0.187. The summed E-state index contributed by atoms with van der Waals surface area (Å²) >= 11 is 0. The smallest absolute Gasteiger partial charge is 0.338 e. The molecule has 0 amide bonds. The van der Waals surface area contributed by atoms with E-state index in [2.05, 4.69) is 25.9 Å². The molecule has 22 heavy (non-hydrogen) atoms. The number of nitrogens with one attached hydrogen (secondary N) is 2. The molecular formula is C14H14N6O2. The number of rotatable bonds is 4. The number of aromatic amines is 1. The highest BCUT2D eigenvalue weighted by Gasteiger charge is 2.12. The van der Waals surface area contributed by atoms with Gasteiger partial charge in [-0.05, 0) is 42.3 Å². The summed E-state index contributed by atoms with van der Waals surface area (Å²) < 4.78 is 4.77. The van der Waals surface area contributed by atoms with Gasteiger partial charge in [-0.25, -0.2) is 4.79 Å². The molecule has 0 aliphatic carbocycles. The van der Waals surface area contributed by atoms with Crippen molar-refractivity contribution in [3.05, 3.63) is 40.8 Å². The molecule has 8 heteroatoms. The van der Waals surface area contributed by atoms with Gasteiger partial charge in [-0.3, -0.25) is 0 Å². The zero-order chi connectivity index (χ0) is 16.1. The predicted molar refractivity (Wildman–Crippen MR) is 78.6 cm³/mol. The molecule has 112 valence electrons. The van der Waals surface area contributed by atoms with Gasteiger partial charge in [0.05, 0.1) is 12.7 Å². The van der Waals surface area contributed by atoms with E-state index < -0.39 is 5.97 Å². The normalized spacial score (nSPS) is 10.9. The van der Waals surface area contributed by atoms with Gasteiger partial charge in [0.25, 0.3) is 0 Å². The second-order valence-corrected chi connectivity index (χ2v) is 4.51. The molecule has 0 radical (unpaired) electrons. The van der Waals surface area contributed by atoms with Gasteiger partial charge in [-0.1, -0.05) is 0 Å². The fourth-order valence-corrected chi connectivity index (χ4v) is 1.84. The van der Waals surface area contributed by atoms with Crippen LogP contribution in [0.4, 0.5) is 5.69 Å². The number of anilines is 1. The number of allylic oxidation sites excluding steroid dienone is 1. The van der Waals surface area contributed by atoms with Crippen molar-refractivity contribution < 1.29 is 9.53 Å². The number of methoxy groups -OCH3 is 1. The second-order valence-electron chi connectivity index (χ2n) is 4.51. The Morgan fingerprint density at radius 3 is 2.82 bits per heavy atom. The van der Waals surface area contributed by atoms with Crippen molar-refractivity contribution in [2.75, 3.05) is 12.4 Å². The Balaban J connectivity index is 2.32. The Morgan fingerprint density at radius 2 is 2.23 bits per heavy atom. The third kappa shape index (κ3) is 3.09. The van der Waals surface area contributed by atoms with E-state index in [9.17, 15) is 4.79 Å². The largest absolute Gasteiger partial charge is 0.465 e. The lowest BCUT2D eigenvalue weighted by Gasteiger charge is -2.10. The van der Waals surface area contributed by atoms with E-state index >= 15 is 0 Å². The number of benzene rings is 1. The van der Waals surface area contributed by atoms with Gasteiger partial charge in [-0.15, -0.1) is 10.2 Å². The van der Waals surface area contributed by atoms with E-state index in [1.165, 1.54) is 13.3 Å². The molecule has 0 atom stereocenters. The summed E-state index contributed by atoms with van der Waals surface area (Å²) in [5, 5.41) is 25.2. The van der Waals surface area contributed by atoms with Crippen molar-refractivity contribution in [2.24, 2.45) is 0 Å². The molecule has 1 aromatic carbocycles. The Hall–Kier alpha value is -3.21. The molecule has 0 unspecified atom stereocenters. The lowest BCUT2D eigenvalue weighted by Crippen LogP contribution is -2.06. The fraction of sp³-hybridized carbons (Fsp3) is 0.214. The maximum atomic E-state index is 11.8. The maximum Gasteiger partial charge on any atom is 0.338 e. The van der Waals surface area contributed by atoms with Crippen molar-refractivity contribution in [1.29, 1.82) is 5.26 Å². The second kappa shape index (κ2) is 6.49. The lowest BCUT2D eigenvalue weighted by molar-refractivity contribution is 0.0600. The number of nitriles is 1.